The van der Waals surface area contributed by atoms with Crippen LogP contribution in [0.15, 0.2) is 70.1 Å². The second-order valence-electron chi connectivity index (χ2n) is 4.26. The van der Waals surface area contributed by atoms with E-state index in [1.807, 2.05) is 48.5 Å². The second-order valence-corrected chi connectivity index (χ2v) is 4.26. The molecule has 0 saturated heterocycles. The minimum atomic E-state index is -0.00553. The molecule has 2 aromatic carbocycles. The monoisotopic (exact) mass is 248 g/mol. The van der Waals surface area contributed by atoms with Crippen molar-refractivity contribution in [1.29, 1.82) is 0 Å². The zero-order valence-corrected chi connectivity index (χ0v) is 10.2. The number of para-hydroxylation sites is 1. The molecule has 3 rings (SSSR count). The number of rotatable bonds is 2. The number of fused-ring (bicyclic) bond motifs is 1. The Bertz CT molecular complexity index is 783. The maximum atomic E-state index is 12.2. The van der Waals surface area contributed by atoms with Gasteiger partial charge in [0.1, 0.15) is 11.8 Å². The maximum Gasteiger partial charge on any atom is 0.199 e. The molecule has 0 saturated carbocycles. The molecule has 3 aromatic rings. The van der Waals surface area contributed by atoms with E-state index in [1.54, 1.807) is 18.2 Å². The molecule has 2 heteroatoms. The first-order chi connectivity index (χ1) is 9.34. The zero-order chi connectivity index (χ0) is 13.1. The lowest BCUT2D eigenvalue weighted by Gasteiger charge is -1.97. The van der Waals surface area contributed by atoms with Gasteiger partial charge >= 0.3 is 0 Å². The Balaban J connectivity index is 2.05. The Morgan fingerprint density at radius 2 is 1.58 bits per heavy atom. The van der Waals surface area contributed by atoms with E-state index in [2.05, 4.69) is 0 Å². The van der Waals surface area contributed by atoms with E-state index in [9.17, 15) is 4.79 Å². The second kappa shape index (κ2) is 4.94. The lowest BCUT2D eigenvalue weighted by Crippen LogP contribution is -2.04. The standard InChI is InChI=1S/C17H12O2/c18-17-14(11-10-13-6-2-1-3-7-13)12-19-16-9-5-4-8-15(16)17/h1-12H/b11-10+. The van der Waals surface area contributed by atoms with Crippen LogP contribution in [-0.2, 0) is 0 Å². The van der Waals surface area contributed by atoms with Crippen LogP contribution in [0.25, 0.3) is 23.1 Å². The molecule has 2 nitrogen and oxygen atoms in total. The van der Waals surface area contributed by atoms with Crippen LogP contribution in [0.1, 0.15) is 11.1 Å². The number of benzene rings is 2. The van der Waals surface area contributed by atoms with Gasteiger partial charge in [0.25, 0.3) is 0 Å². The van der Waals surface area contributed by atoms with Gasteiger partial charge in [-0.25, -0.2) is 0 Å². The normalized spacial score (nSPS) is 11.2. The molecule has 0 bridgehead atoms. The van der Waals surface area contributed by atoms with Gasteiger partial charge in [0.15, 0.2) is 5.43 Å². The van der Waals surface area contributed by atoms with Crippen LogP contribution in [0, 0.1) is 0 Å². The molecule has 0 unspecified atom stereocenters. The van der Waals surface area contributed by atoms with Gasteiger partial charge < -0.3 is 4.42 Å². The zero-order valence-electron chi connectivity index (χ0n) is 10.2. The van der Waals surface area contributed by atoms with Gasteiger partial charge in [-0.1, -0.05) is 48.5 Å². The van der Waals surface area contributed by atoms with Crippen LogP contribution in [0.2, 0.25) is 0 Å². The van der Waals surface area contributed by atoms with Crippen molar-refractivity contribution < 1.29 is 4.42 Å². The Morgan fingerprint density at radius 3 is 2.42 bits per heavy atom. The summed E-state index contributed by atoms with van der Waals surface area (Å²) in [5.41, 5.74) is 2.22. The van der Waals surface area contributed by atoms with Gasteiger partial charge in [-0.05, 0) is 23.8 Å². The van der Waals surface area contributed by atoms with Crippen LogP contribution in [-0.4, -0.2) is 0 Å². The first-order valence-corrected chi connectivity index (χ1v) is 6.08. The average molecular weight is 248 g/mol. The predicted octanol–water partition coefficient (Wildman–Crippen LogP) is 3.96. The van der Waals surface area contributed by atoms with Crippen molar-refractivity contribution in [2.45, 2.75) is 0 Å². The van der Waals surface area contributed by atoms with Crippen LogP contribution in [0.5, 0.6) is 0 Å². The minimum absolute atomic E-state index is 0.00553. The van der Waals surface area contributed by atoms with Gasteiger partial charge in [-0.15, -0.1) is 0 Å². The van der Waals surface area contributed by atoms with Gasteiger partial charge in [0.2, 0.25) is 0 Å². The van der Waals surface area contributed by atoms with E-state index < -0.39 is 0 Å². The summed E-state index contributed by atoms with van der Waals surface area (Å²) >= 11 is 0. The van der Waals surface area contributed by atoms with Crippen molar-refractivity contribution in [3.63, 3.8) is 0 Å². The quantitative estimate of drug-likeness (QED) is 0.687. The van der Waals surface area contributed by atoms with E-state index in [1.165, 1.54) is 6.26 Å². The van der Waals surface area contributed by atoms with Crippen LogP contribution in [0.3, 0.4) is 0 Å². The molecule has 1 heterocycles. The largest absolute Gasteiger partial charge is 0.463 e. The summed E-state index contributed by atoms with van der Waals surface area (Å²) in [4.78, 5) is 12.2. The van der Waals surface area contributed by atoms with E-state index in [0.717, 1.165) is 5.56 Å². The first kappa shape index (κ1) is 11.5. The van der Waals surface area contributed by atoms with E-state index in [-0.39, 0.29) is 5.43 Å². The Kier molecular flexibility index (Phi) is 2.99. The van der Waals surface area contributed by atoms with E-state index in [4.69, 9.17) is 4.42 Å². The molecule has 0 atom stereocenters. The SMILES string of the molecule is O=c1c(/C=C/c2ccccc2)coc2ccccc12. The molecule has 0 aliphatic rings. The summed E-state index contributed by atoms with van der Waals surface area (Å²) in [6, 6.07) is 17.1. The third-order valence-electron chi connectivity index (χ3n) is 2.96. The highest BCUT2D eigenvalue weighted by Crippen LogP contribution is 2.12. The summed E-state index contributed by atoms with van der Waals surface area (Å²) < 4.78 is 5.46. The molecule has 0 spiro atoms. The first-order valence-electron chi connectivity index (χ1n) is 6.08. The smallest absolute Gasteiger partial charge is 0.199 e. The molecule has 0 amide bonds. The molecule has 19 heavy (non-hydrogen) atoms. The van der Waals surface area contributed by atoms with Crippen molar-refractivity contribution in [2.75, 3.05) is 0 Å². The van der Waals surface area contributed by atoms with Crippen LogP contribution >= 0.6 is 0 Å². The fourth-order valence-electron chi connectivity index (χ4n) is 1.96. The summed E-state index contributed by atoms with van der Waals surface area (Å²) in [6.45, 7) is 0. The van der Waals surface area contributed by atoms with Gasteiger partial charge in [-0.2, -0.15) is 0 Å². The van der Waals surface area contributed by atoms with Crippen molar-refractivity contribution in [3.8, 4) is 0 Å². The summed E-state index contributed by atoms with van der Waals surface area (Å²) in [7, 11) is 0. The average Bonchev–Trinajstić information content (AvgIpc) is 2.48. The predicted molar refractivity (Wildman–Crippen MR) is 77.9 cm³/mol. The third-order valence-corrected chi connectivity index (χ3v) is 2.96. The number of hydrogen-bond acceptors (Lipinski definition) is 2. The Morgan fingerprint density at radius 1 is 0.842 bits per heavy atom. The molecule has 1 aromatic heterocycles. The summed E-state index contributed by atoms with van der Waals surface area (Å²) in [5, 5.41) is 0.609. The highest BCUT2D eigenvalue weighted by atomic mass is 16.3. The van der Waals surface area contributed by atoms with Gasteiger partial charge in [-0.3, -0.25) is 4.79 Å². The highest BCUT2D eigenvalue weighted by Gasteiger charge is 2.03. The van der Waals surface area contributed by atoms with Crippen molar-refractivity contribution in [2.24, 2.45) is 0 Å². The lowest BCUT2D eigenvalue weighted by atomic mass is 10.1. The molecule has 0 radical (unpaired) electrons. The molecule has 0 fully saturated rings. The van der Waals surface area contributed by atoms with Crippen LogP contribution in [0.4, 0.5) is 0 Å². The van der Waals surface area contributed by atoms with Gasteiger partial charge in [0.05, 0.1) is 10.9 Å². The third kappa shape index (κ3) is 2.33. The summed E-state index contributed by atoms with van der Waals surface area (Å²) in [6.07, 6.45) is 5.19. The van der Waals surface area contributed by atoms with E-state index in [0.29, 0.717) is 16.5 Å². The molecule has 0 aliphatic carbocycles. The van der Waals surface area contributed by atoms with Gasteiger partial charge in [0, 0.05) is 0 Å². The fourth-order valence-corrected chi connectivity index (χ4v) is 1.96. The lowest BCUT2D eigenvalue weighted by molar-refractivity contribution is 0.601. The maximum absolute atomic E-state index is 12.2. The minimum Gasteiger partial charge on any atom is -0.463 e. The molecule has 0 N–H and O–H groups in total. The molecule has 92 valence electrons. The van der Waals surface area contributed by atoms with Crippen molar-refractivity contribution >= 4 is 23.1 Å². The van der Waals surface area contributed by atoms with Crippen LogP contribution < -0.4 is 5.43 Å². The fraction of sp³-hybridized carbons (Fsp3) is 0. The Labute approximate surface area is 110 Å². The highest BCUT2D eigenvalue weighted by molar-refractivity contribution is 5.80. The number of hydrogen-bond donors (Lipinski definition) is 0. The molecular weight excluding hydrogens is 236 g/mol. The Hall–Kier alpha value is -2.61. The molecule has 0 aliphatic heterocycles. The van der Waals surface area contributed by atoms with Crippen molar-refractivity contribution in [3.05, 3.63) is 82.2 Å². The topological polar surface area (TPSA) is 30.2 Å². The summed E-state index contributed by atoms with van der Waals surface area (Å²) in [5.74, 6) is 0. The molecular formula is C17H12O2. The van der Waals surface area contributed by atoms with Crippen molar-refractivity contribution in [1.82, 2.24) is 0 Å². The van der Waals surface area contributed by atoms with E-state index >= 15 is 0 Å².